The minimum Gasteiger partial charge on any atom is -0.444 e. The number of hydrogen-bond acceptors (Lipinski definition) is 6. The van der Waals surface area contributed by atoms with Crippen molar-refractivity contribution >= 4 is 12.0 Å². The molecule has 0 bridgehead atoms. The maximum atomic E-state index is 12.0. The molecular formula is C15H23N5O3. The Morgan fingerprint density at radius 2 is 1.91 bits per heavy atom. The fourth-order valence-electron chi connectivity index (χ4n) is 2.44. The standard InChI is InChI=1S/C15H23N5O3/c1-15(2,3)23-14(22)20-8-6-10(7-9-20)11-4-5-12(19-18-11)13(21)17-16/h4-5,10H,6-9,16H2,1-3H3,(H,17,21). The van der Waals surface area contributed by atoms with Gasteiger partial charge in [-0.2, -0.15) is 5.10 Å². The third-order valence-corrected chi connectivity index (χ3v) is 3.61. The van der Waals surface area contributed by atoms with E-state index in [2.05, 4.69) is 10.2 Å². The quantitative estimate of drug-likeness (QED) is 0.481. The molecule has 1 aromatic heterocycles. The smallest absolute Gasteiger partial charge is 0.410 e. The number of likely N-dealkylation sites (tertiary alicyclic amines) is 1. The molecule has 0 radical (unpaired) electrons. The first-order valence-corrected chi connectivity index (χ1v) is 7.62. The van der Waals surface area contributed by atoms with Gasteiger partial charge in [-0.25, -0.2) is 10.6 Å². The Kier molecular flexibility index (Phi) is 5.15. The van der Waals surface area contributed by atoms with E-state index >= 15 is 0 Å². The third-order valence-electron chi connectivity index (χ3n) is 3.61. The minimum absolute atomic E-state index is 0.183. The van der Waals surface area contributed by atoms with Crippen molar-refractivity contribution in [3.05, 3.63) is 23.5 Å². The predicted molar refractivity (Wildman–Crippen MR) is 83.5 cm³/mol. The lowest BCUT2D eigenvalue weighted by atomic mass is 9.93. The van der Waals surface area contributed by atoms with Gasteiger partial charge in [0.25, 0.3) is 5.91 Å². The molecular weight excluding hydrogens is 298 g/mol. The van der Waals surface area contributed by atoms with E-state index in [1.165, 1.54) is 0 Å². The van der Waals surface area contributed by atoms with Crippen LogP contribution in [0.4, 0.5) is 4.79 Å². The van der Waals surface area contributed by atoms with Crippen LogP contribution in [0.2, 0.25) is 0 Å². The van der Waals surface area contributed by atoms with Crippen LogP contribution in [-0.4, -0.2) is 45.8 Å². The summed E-state index contributed by atoms with van der Waals surface area (Å²) >= 11 is 0. The maximum absolute atomic E-state index is 12.0. The van der Waals surface area contributed by atoms with Gasteiger partial charge in [-0.05, 0) is 45.7 Å². The van der Waals surface area contributed by atoms with Crippen molar-refractivity contribution in [3.8, 4) is 0 Å². The molecule has 1 saturated heterocycles. The number of carbonyl (C=O) groups excluding carboxylic acids is 2. The summed E-state index contributed by atoms with van der Waals surface area (Å²) in [5.41, 5.74) is 2.53. The van der Waals surface area contributed by atoms with E-state index in [-0.39, 0.29) is 17.7 Å². The van der Waals surface area contributed by atoms with E-state index in [0.29, 0.717) is 13.1 Å². The highest BCUT2D eigenvalue weighted by Crippen LogP contribution is 2.27. The SMILES string of the molecule is CC(C)(C)OC(=O)N1CCC(c2ccc(C(=O)NN)nn2)CC1. The molecule has 8 heteroatoms. The van der Waals surface area contributed by atoms with Crippen LogP contribution < -0.4 is 11.3 Å². The number of nitrogen functional groups attached to an aromatic ring is 1. The van der Waals surface area contributed by atoms with Crippen LogP contribution in [0.25, 0.3) is 0 Å². The van der Waals surface area contributed by atoms with Crippen LogP contribution in [-0.2, 0) is 4.74 Å². The first-order chi connectivity index (χ1) is 10.8. The summed E-state index contributed by atoms with van der Waals surface area (Å²) in [6.45, 7) is 6.80. The zero-order chi connectivity index (χ0) is 17.0. The fourth-order valence-corrected chi connectivity index (χ4v) is 2.44. The monoisotopic (exact) mass is 321 g/mol. The summed E-state index contributed by atoms with van der Waals surface area (Å²) in [7, 11) is 0. The average Bonchev–Trinajstić information content (AvgIpc) is 2.53. The van der Waals surface area contributed by atoms with Crippen molar-refractivity contribution in [2.24, 2.45) is 5.84 Å². The van der Waals surface area contributed by atoms with E-state index in [9.17, 15) is 9.59 Å². The zero-order valence-electron chi connectivity index (χ0n) is 13.7. The topological polar surface area (TPSA) is 110 Å². The number of hydrazine groups is 1. The lowest BCUT2D eigenvalue weighted by Crippen LogP contribution is -2.41. The van der Waals surface area contributed by atoms with Crippen LogP contribution >= 0.6 is 0 Å². The number of ether oxygens (including phenoxy) is 1. The molecule has 2 amide bonds. The van der Waals surface area contributed by atoms with Crippen molar-refractivity contribution in [2.75, 3.05) is 13.1 Å². The highest BCUT2D eigenvalue weighted by Gasteiger charge is 2.28. The first-order valence-electron chi connectivity index (χ1n) is 7.62. The van der Waals surface area contributed by atoms with E-state index in [0.717, 1.165) is 18.5 Å². The Morgan fingerprint density at radius 1 is 1.26 bits per heavy atom. The Balaban J connectivity index is 1.91. The third kappa shape index (κ3) is 4.62. The first kappa shape index (κ1) is 17.1. The molecule has 126 valence electrons. The largest absolute Gasteiger partial charge is 0.444 e. The van der Waals surface area contributed by atoms with Crippen molar-refractivity contribution in [2.45, 2.75) is 45.1 Å². The van der Waals surface area contributed by atoms with Crippen LogP contribution in [0.15, 0.2) is 12.1 Å². The number of carbonyl (C=O) groups is 2. The number of piperidine rings is 1. The lowest BCUT2D eigenvalue weighted by Gasteiger charge is -2.33. The van der Waals surface area contributed by atoms with Gasteiger partial charge in [0.2, 0.25) is 0 Å². The van der Waals surface area contributed by atoms with Gasteiger partial charge in [0, 0.05) is 19.0 Å². The molecule has 8 nitrogen and oxygen atoms in total. The Bertz CT molecular complexity index is 559. The molecule has 2 heterocycles. The normalized spacial score (nSPS) is 16.1. The minimum atomic E-state index is -0.487. The number of amides is 2. The Hall–Kier alpha value is -2.22. The van der Waals surface area contributed by atoms with Crippen molar-refractivity contribution in [1.29, 1.82) is 0 Å². The summed E-state index contributed by atoms with van der Waals surface area (Å²) in [4.78, 5) is 25.1. The van der Waals surface area contributed by atoms with Gasteiger partial charge in [-0.15, -0.1) is 5.10 Å². The predicted octanol–water partition coefficient (Wildman–Crippen LogP) is 1.19. The fraction of sp³-hybridized carbons (Fsp3) is 0.600. The molecule has 0 saturated carbocycles. The summed E-state index contributed by atoms with van der Waals surface area (Å²) in [6, 6.07) is 3.39. The number of nitrogens with zero attached hydrogens (tertiary/aromatic N) is 3. The molecule has 0 aliphatic carbocycles. The second kappa shape index (κ2) is 6.91. The van der Waals surface area contributed by atoms with Crippen molar-refractivity contribution < 1.29 is 14.3 Å². The van der Waals surface area contributed by atoms with Gasteiger partial charge < -0.3 is 9.64 Å². The zero-order valence-corrected chi connectivity index (χ0v) is 13.7. The molecule has 0 aromatic carbocycles. The summed E-state index contributed by atoms with van der Waals surface area (Å²) < 4.78 is 5.38. The molecule has 1 aliphatic heterocycles. The molecule has 0 spiro atoms. The molecule has 1 aromatic rings. The van der Waals surface area contributed by atoms with Gasteiger partial charge in [0.15, 0.2) is 5.69 Å². The van der Waals surface area contributed by atoms with Crippen LogP contribution in [0.1, 0.15) is 55.7 Å². The highest BCUT2D eigenvalue weighted by molar-refractivity contribution is 5.91. The molecule has 0 unspecified atom stereocenters. The second-order valence-corrected chi connectivity index (χ2v) is 6.56. The number of hydrogen-bond donors (Lipinski definition) is 2. The number of aromatic nitrogens is 2. The number of nitrogens with one attached hydrogen (secondary N) is 1. The van der Waals surface area contributed by atoms with Gasteiger partial charge in [-0.3, -0.25) is 10.2 Å². The highest BCUT2D eigenvalue weighted by atomic mass is 16.6. The van der Waals surface area contributed by atoms with Gasteiger partial charge in [0.1, 0.15) is 5.60 Å². The lowest BCUT2D eigenvalue weighted by molar-refractivity contribution is 0.0203. The Labute approximate surface area is 135 Å². The van der Waals surface area contributed by atoms with Gasteiger partial charge in [0.05, 0.1) is 5.69 Å². The van der Waals surface area contributed by atoms with E-state index in [1.54, 1.807) is 17.0 Å². The van der Waals surface area contributed by atoms with E-state index in [1.807, 2.05) is 26.2 Å². The molecule has 3 N–H and O–H groups in total. The molecule has 1 fully saturated rings. The van der Waals surface area contributed by atoms with Crippen LogP contribution in [0, 0.1) is 0 Å². The summed E-state index contributed by atoms with van der Waals surface area (Å²) in [6.07, 6.45) is 1.30. The molecule has 2 rings (SSSR count). The molecule has 1 aliphatic rings. The second-order valence-electron chi connectivity index (χ2n) is 6.56. The van der Waals surface area contributed by atoms with Gasteiger partial charge in [-0.1, -0.05) is 0 Å². The van der Waals surface area contributed by atoms with Crippen molar-refractivity contribution in [1.82, 2.24) is 20.5 Å². The molecule has 23 heavy (non-hydrogen) atoms. The summed E-state index contributed by atoms with van der Waals surface area (Å²) in [5, 5.41) is 7.98. The molecule has 0 atom stereocenters. The van der Waals surface area contributed by atoms with E-state index < -0.39 is 11.5 Å². The number of nitrogens with two attached hydrogens (primary N) is 1. The van der Waals surface area contributed by atoms with E-state index in [4.69, 9.17) is 10.6 Å². The van der Waals surface area contributed by atoms with Crippen LogP contribution in [0.3, 0.4) is 0 Å². The van der Waals surface area contributed by atoms with Gasteiger partial charge >= 0.3 is 6.09 Å². The summed E-state index contributed by atoms with van der Waals surface area (Å²) in [5.74, 6) is 4.81. The maximum Gasteiger partial charge on any atom is 0.410 e. The average molecular weight is 321 g/mol. The number of rotatable bonds is 2. The van der Waals surface area contributed by atoms with Crippen molar-refractivity contribution in [3.63, 3.8) is 0 Å². The van der Waals surface area contributed by atoms with Crippen LogP contribution in [0.5, 0.6) is 0 Å². The Morgan fingerprint density at radius 3 is 2.39 bits per heavy atom.